The Morgan fingerprint density at radius 3 is 3.06 bits per heavy atom. The molecular weight excluding hydrogens is 220 g/mol. The second-order valence-corrected chi connectivity index (χ2v) is 3.38. The van der Waals surface area contributed by atoms with Crippen molar-refractivity contribution >= 4 is 11.9 Å². The van der Waals surface area contributed by atoms with Gasteiger partial charge in [0.15, 0.2) is 0 Å². The van der Waals surface area contributed by atoms with Crippen molar-refractivity contribution in [2.75, 3.05) is 11.5 Å². The second kappa shape index (κ2) is 3.99. The molecule has 0 spiro atoms. The summed E-state index contributed by atoms with van der Waals surface area (Å²) in [5, 5.41) is 0. The Balaban J connectivity index is 2.33. The fourth-order valence-corrected chi connectivity index (χ4v) is 1.50. The van der Waals surface area contributed by atoms with Gasteiger partial charge in [-0.2, -0.15) is 9.37 Å². The molecule has 2 rings (SSSR count). The number of carbonyl (C=O) groups is 1. The van der Waals surface area contributed by atoms with Crippen molar-refractivity contribution < 1.29 is 18.3 Å². The van der Waals surface area contributed by atoms with E-state index in [1.165, 1.54) is 13.0 Å². The van der Waals surface area contributed by atoms with Crippen LogP contribution in [-0.4, -0.2) is 34.9 Å². The number of aromatic nitrogens is 2. The average molecular weight is 229 g/mol. The molecule has 0 saturated carbocycles. The lowest BCUT2D eigenvalue weighted by atomic mass is 10.2. The molecule has 86 valence electrons. The van der Waals surface area contributed by atoms with Gasteiger partial charge in [0, 0.05) is 6.20 Å². The summed E-state index contributed by atoms with van der Waals surface area (Å²) in [7, 11) is 0. The van der Waals surface area contributed by atoms with E-state index in [4.69, 9.17) is 4.74 Å². The van der Waals surface area contributed by atoms with Gasteiger partial charge in [-0.15, -0.1) is 0 Å². The molecule has 5 nitrogen and oxygen atoms in total. The number of rotatable bonds is 2. The summed E-state index contributed by atoms with van der Waals surface area (Å²) in [4.78, 5) is 19.0. The van der Waals surface area contributed by atoms with Gasteiger partial charge in [0.2, 0.25) is 0 Å². The first-order valence-electron chi connectivity index (χ1n) is 4.68. The van der Waals surface area contributed by atoms with Gasteiger partial charge in [0.05, 0.1) is 0 Å². The van der Waals surface area contributed by atoms with Gasteiger partial charge in [-0.05, 0) is 13.0 Å². The van der Waals surface area contributed by atoms with Crippen LogP contribution in [0.2, 0.25) is 0 Å². The van der Waals surface area contributed by atoms with E-state index in [-0.39, 0.29) is 12.4 Å². The van der Waals surface area contributed by atoms with E-state index in [1.54, 1.807) is 0 Å². The van der Waals surface area contributed by atoms with E-state index in [0.29, 0.717) is 0 Å². The molecule has 2 heterocycles. The predicted molar refractivity (Wildman–Crippen MR) is 50.2 cm³/mol. The second-order valence-electron chi connectivity index (χ2n) is 3.38. The first-order chi connectivity index (χ1) is 7.59. The summed E-state index contributed by atoms with van der Waals surface area (Å²) in [6.45, 7) is 1.24. The van der Waals surface area contributed by atoms with Crippen LogP contribution >= 0.6 is 0 Å². The van der Waals surface area contributed by atoms with Crippen LogP contribution in [0.3, 0.4) is 0 Å². The van der Waals surface area contributed by atoms with E-state index in [9.17, 15) is 13.6 Å². The van der Waals surface area contributed by atoms with Crippen LogP contribution in [0.5, 0.6) is 0 Å². The Hall–Kier alpha value is -1.79. The monoisotopic (exact) mass is 229 g/mol. The van der Waals surface area contributed by atoms with E-state index in [2.05, 4.69) is 9.97 Å². The van der Waals surface area contributed by atoms with Gasteiger partial charge in [-0.25, -0.2) is 14.2 Å². The van der Waals surface area contributed by atoms with Gasteiger partial charge in [-0.3, -0.25) is 4.90 Å². The summed E-state index contributed by atoms with van der Waals surface area (Å²) in [6, 6.07) is 0.548. The van der Waals surface area contributed by atoms with Gasteiger partial charge in [0.25, 0.3) is 0 Å². The molecule has 1 aliphatic heterocycles. The molecule has 0 radical (unpaired) electrons. The minimum Gasteiger partial charge on any atom is -0.447 e. The molecule has 7 heteroatoms. The summed E-state index contributed by atoms with van der Waals surface area (Å²) in [5.41, 5.74) is 0. The summed E-state index contributed by atoms with van der Waals surface area (Å²) in [6.07, 6.45) is -1.83. The van der Waals surface area contributed by atoms with E-state index in [0.717, 1.165) is 11.1 Å². The largest absolute Gasteiger partial charge is 0.447 e. The topological polar surface area (TPSA) is 55.3 Å². The van der Waals surface area contributed by atoms with Gasteiger partial charge in [-0.1, -0.05) is 0 Å². The zero-order valence-corrected chi connectivity index (χ0v) is 8.43. The molecule has 16 heavy (non-hydrogen) atoms. The number of halogens is 2. The maximum Gasteiger partial charge on any atom is 0.416 e. The van der Waals surface area contributed by atoms with E-state index in [1.807, 2.05) is 0 Å². The number of alkyl halides is 1. The molecule has 0 N–H and O–H groups in total. The highest BCUT2D eigenvalue weighted by Gasteiger charge is 2.38. The third-order valence-corrected chi connectivity index (χ3v) is 2.29. The summed E-state index contributed by atoms with van der Waals surface area (Å²) >= 11 is 0. The van der Waals surface area contributed by atoms with Crippen LogP contribution in [0.25, 0.3) is 0 Å². The zero-order valence-electron chi connectivity index (χ0n) is 8.43. The molecule has 0 unspecified atom stereocenters. The Morgan fingerprint density at radius 2 is 2.44 bits per heavy atom. The third-order valence-electron chi connectivity index (χ3n) is 2.29. The Morgan fingerprint density at radius 1 is 1.69 bits per heavy atom. The van der Waals surface area contributed by atoms with Crippen LogP contribution in [0.15, 0.2) is 12.3 Å². The van der Waals surface area contributed by atoms with Crippen LogP contribution in [0.1, 0.15) is 6.92 Å². The van der Waals surface area contributed by atoms with Crippen molar-refractivity contribution in [3.05, 3.63) is 18.3 Å². The lowest BCUT2D eigenvalue weighted by Gasteiger charge is -2.20. The Labute approximate surface area is 90.1 Å². The average Bonchev–Trinajstić information content (AvgIpc) is 2.60. The maximum atomic E-state index is 13.2. The highest BCUT2D eigenvalue weighted by molar-refractivity contribution is 5.89. The van der Waals surface area contributed by atoms with Crippen molar-refractivity contribution in [3.8, 4) is 0 Å². The Kier molecular flexibility index (Phi) is 2.67. The van der Waals surface area contributed by atoms with Crippen molar-refractivity contribution in [2.45, 2.75) is 19.1 Å². The fraction of sp³-hybridized carbons (Fsp3) is 0.444. The molecule has 1 saturated heterocycles. The van der Waals surface area contributed by atoms with Crippen LogP contribution in [0, 0.1) is 6.08 Å². The number of hydrogen-bond donors (Lipinski definition) is 0. The highest BCUT2D eigenvalue weighted by Crippen LogP contribution is 2.23. The lowest BCUT2D eigenvalue weighted by molar-refractivity contribution is 0.174. The number of cyclic esters (lactones) is 1. The van der Waals surface area contributed by atoms with E-state index >= 15 is 0 Å². The minimum atomic E-state index is -1.29. The van der Waals surface area contributed by atoms with Gasteiger partial charge in [0.1, 0.15) is 24.6 Å². The fourth-order valence-electron chi connectivity index (χ4n) is 1.50. The van der Waals surface area contributed by atoms with Crippen molar-refractivity contribution in [2.24, 2.45) is 0 Å². The Bertz CT molecular complexity index is 413. The molecule has 1 aromatic rings. The number of amides is 1. The standard InChI is InChI=1S/C9H9F2N3O2/c1-5(10)6-4-16-9(15)14(6)7-2-3-12-8(11)13-7/h2-3,5-6H,4H2,1H3/t5-,6+/m1/s1. The number of hydrogen-bond acceptors (Lipinski definition) is 4. The molecule has 2 atom stereocenters. The maximum absolute atomic E-state index is 13.2. The number of nitrogens with zero attached hydrogens (tertiary/aromatic N) is 3. The molecule has 1 amide bonds. The number of ether oxygens (including phenoxy) is 1. The van der Waals surface area contributed by atoms with Crippen molar-refractivity contribution in [3.63, 3.8) is 0 Å². The molecule has 0 aliphatic carbocycles. The number of anilines is 1. The predicted octanol–water partition coefficient (Wildman–Crippen LogP) is 1.30. The van der Waals surface area contributed by atoms with Crippen LogP contribution in [-0.2, 0) is 4.74 Å². The molecule has 1 fully saturated rings. The molecule has 1 aromatic heterocycles. The summed E-state index contributed by atoms with van der Waals surface area (Å²) in [5.74, 6) is 0.00417. The van der Waals surface area contributed by atoms with Crippen LogP contribution in [0.4, 0.5) is 19.4 Å². The normalized spacial score (nSPS) is 22.1. The van der Waals surface area contributed by atoms with Gasteiger partial charge >= 0.3 is 12.2 Å². The first-order valence-corrected chi connectivity index (χ1v) is 4.68. The van der Waals surface area contributed by atoms with E-state index < -0.39 is 24.4 Å². The van der Waals surface area contributed by atoms with Crippen molar-refractivity contribution in [1.82, 2.24) is 9.97 Å². The molecular formula is C9H9F2N3O2. The lowest BCUT2D eigenvalue weighted by Crippen LogP contribution is -2.39. The first kappa shape index (κ1) is 10.7. The molecule has 1 aliphatic rings. The third kappa shape index (κ3) is 1.80. The quantitative estimate of drug-likeness (QED) is 0.717. The molecule has 0 bridgehead atoms. The highest BCUT2D eigenvalue weighted by atomic mass is 19.1. The van der Waals surface area contributed by atoms with Gasteiger partial charge < -0.3 is 4.74 Å². The zero-order chi connectivity index (χ0) is 11.7. The number of carbonyl (C=O) groups excluding carboxylic acids is 1. The molecule has 0 aromatic carbocycles. The smallest absolute Gasteiger partial charge is 0.416 e. The van der Waals surface area contributed by atoms with Crippen molar-refractivity contribution in [1.29, 1.82) is 0 Å². The van der Waals surface area contributed by atoms with Crippen LogP contribution < -0.4 is 4.90 Å². The summed E-state index contributed by atoms with van der Waals surface area (Å²) < 4.78 is 30.7. The SMILES string of the molecule is C[C@@H](F)[C@@H]1COC(=O)N1c1ccnc(F)n1. The minimum absolute atomic E-state index is 0.00417.